The van der Waals surface area contributed by atoms with Crippen LogP contribution in [0.15, 0.2) is 46.9 Å². The molecule has 0 fully saturated rings. The van der Waals surface area contributed by atoms with Crippen LogP contribution in [0, 0.1) is 12.7 Å². The molecular formula is C15H12BrFN2O2. The van der Waals surface area contributed by atoms with Crippen LogP contribution in [-0.4, -0.2) is 11.8 Å². The Labute approximate surface area is 129 Å². The van der Waals surface area contributed by atoms with Crippen LogP contribution in [0.4, 0.5) is 4.39 Å². The van der Waals surface area contributed by atoms with Crippen LogP contribution >= 0.6 is 15.9 Å². The molecule has 21 heavy (non-hydrogen) atoms. The zero-order valence-corrected chi connectivity index (χ0v) is 12.7. The molecule has 2 N–H and O–H groups in total. The maximum Gasteiger partial charge on any atom is 0.269 e. The first-order chi connectivity index (χ1) is 9.97. The van der Waals surface area contributed by atoms with E-state index in [4.69, 9.17) is 0 Å². The summed E-state index contributed by atoms with van der Waals surface area (Å²) >= 11 is 3.26. The Morgan fingerprint density at radius 2 is 1.48 bits per heavy atom. The number of nitrogens with one attached hydrogen (secondary N) is 2. The molecule has 0 saturated carbocycles. The van der Waals surface area contributed by atoms with Gasteiger partial charge in [-0.05, 0) is 48.9 Å². The molecule has 2 rings (SSSR count). The molecule has 0 unspecified atom stereocenters. The van der Waals surface area contributed by atoms with Crippen molar-refractivity contribution in [3.63, 3.8) is 0 Å². The highest BCUT2D eigenvalue weighted by Crippen LogP contribution is 2.10. The summed E-state index contributed by atoms with van der Waals surface area (Å²) in [5.41, 5.74) is 5.50. The van der Waals surface area contributed by atoms with Gasteiger partial charge in [0.25, 0.3) is 11.8 Å². The molecule has 6 heteroatoms. The van der Waals surface area contributed by atoms with E-state index in [0.717, 1.165) is 10.5 Å². The van der Waals surface area contributed by atoms with E-state index in [9.17, 15) is 14.0 Å². The van der Waals surface area contributed by atoms with Crippen molar-refractivity contribution in [1.82, 2.24) is 10.9 Å². The van der Waals surface area contributed by atoms with Crippen LogP contribution in [0.1, 0.15) is 26.3 Å². The highest BCUT2D eigenvalue weighted by molar-refractivity contribution is 9.10. The van der Waals surface area contributed by atoms with E-state index < -0.39 is 17.6 Å². The van der Waals surface area contributed by atoms with Gasteiger partial charge < -0.3 is 0 Å². The average Bonchev–Trinajstić information content (AvgIpc) is 2.48. The fourth-order valence-electron chi connectivity index (χ4n) is 1.59. The fourth-order valence-corrected chi connectivity index (χ4v) is 1.86. The van der Waals surface area contributed by atoms with Crippen molar-refractivity contribution in [2.75, 3.05) is 0 Å². The second-order valence-corrected chi connectivity index (χ2v) is 5.29. The molecule has 0 radical (unpaired) electrons. The van der Waals surface area contributed by atoms with Gasteiger partial charge in [0.05, 0.1) is 0 Å². The largest absolute Gasteiger partial charge is 0.269 e. The number of hydrogen-bond donors (Lipinski definition) is 2. The highest BCUT2D eigenvalue weighted by atomic mass is 79.9. The molecule has 108 valence electrons. The third kappa shape index (κ3) is 3.88. The van der Waals surface area contributed by atoms with E-state index >= 15 is 0 Å². The van der Waals surface area contributed by atoms with Gasteiger partial charge in [-0.25, -0.2) is 4.39 Å². The summed E-state index contributed by atoms with van der Waals surface area (Å²) in [4.78, 5) is 23.6. The lowest BCUT2D eigenvalue weighted by molar-refractivity contribution is 0.0846. The molecule has 2 amide bonds. The fraction of sp³-hybridized carbons (Fsp3) is 0.0667. The maximum atomic E-state index is 13.4. The van der Waals surface area contributed by atoms with Gasteiger partial charge >= 0.3 is 0 Å². The second-order valence-electron chi connectivity index (χ2n) is 4.38. The Morgan fingerprint density at radius 3 is 2.05 bits per heavy atom. The van der Waals surface area contributed by atoms with Crippen molar-refractivity contribution in [2.24, 2.45) is 0 Å². The summed E-state index contributed by atoms with van der Waals surface area (Å²) in [5, 5.41) is 0. The number of amides is 2. The second kappa shape index (κ2) is 6.49. The molecule has 0 spiro atoms. The monoisotopic (exact) mass is 350 g/mol. The molecule has 2 aromatic rings. The van der Waals surface area contributed by atoms with Crippen LogP contribution in [-0.2, 0) is 0 Å². The molecule has 0 aliphatic rings. The lowest BCUT2D eigenvalue weighted by Gasteiger charge is -2.08. The summed E-state index contributed by atoms with van der Waals surface area (Å²) < 4.78 is 14.2. The van der Waals surface area contributed by atoms with Crippen molar-refractivity contribution >= 4 is 27.7 Å². The van der Waals surface area contributed by atoms with Crippen molar-refractivity contribution in [2.45, 2.75) is 6.92 Å². The van der Waals surface area contributed by atoms with Crippen LogP contribution in [0.5, 0.6) is 0 Å². The Kier molecular flexibility index (Phi) is 4.70. The molecule has 0 bridgehead atoms. The van der Waals surface area contributed by atoms with Gasteiger partial charge in [0.15, 0.2) is 0 Å². The molecule has 0 heterocycles. The van der Waals surface area contributed by atoms with Gasteiger partial charge in [-0.2, -0.15) is 0 Å². The number of benzene rings is 2. The third-order valence-corrected chi connectivity index (χ3v) is 3.36. The molecule has 0 saturated heterocycles. The molecule has 0 aliphatic carbocycles. The first-order valence-corrected chi connectivity index (χ1v) is 6.89. The van der Waals surface area contributed by atoms with Gasteiger partial charge in [-0.1, -0.05) is 22.0 Å². The van der Waals surface area contributed by atoms with E-state index in [1.54, 1.807) is 31.2 Å². The number of carbonyl (C=O) groups excluding carboxylic acids is 2. The quantitative estimate of drug-likeness (QED) is 0.818. The molecule has 0 aliphatic heterocycles. The topological polar surface area (TPSA) is 58.2 Å². The van der Waals surface area contributed by atoms with Crippen LogP contribution in [0.2, 0.25) is 0 Å². The van der Waals surface area contributed by atoms with E-state index in [1.807, 2.05) is 0 Å². The van der Waals surface area contributed by atoms with E-state index in [1.165, 1.54) is 12.1 Å². The van der Waals surface area contributed by atoms with Gasteiger partial charge in [0.2, 0.25) is 0 Å². The van der Waals surface area contributed by atoms with Crippen molar-refractivity contribution < 1.29 is 14.0 Å². The van der Waals surface area contributed by atoms with Crippen molar-refractivity contribution in [3.8, 4) is 0 Å². The van der Waals surface area contributed by atoms with E-state index in [0.29, 0.717) is 11.1 Å². The standard InChI is InChI=1S/C15H12BrFN2O2/c1-9-2-3-11(8-13(9)17)15(21)19-18-14(20)10-4-6-12(16)7-5-10/h2-8H,1H3,(H,18,20)(H,19,21). The first kappa shape index (κ1) is 15.2. The summed E-state index contributed by atoms with van der Waals surface area (Å²) in [6.45, 7) is 1.60. The summed E-state index contributed by atoms with van der Waals surface area (Å²) in [6, 6.07) is 10.8. The Morgan fingerprint density at radius 1 is 0.952 bits per heavy atom. The number of carbonyl (C=O) groups is 2. The number of hydrogen-bond acceptors (Lipinski definition) is 2. The molecule has 0 aromatic heterocycles. The number of rotatable bonds is 2. The van der Waals surface area contributed by atoms with Gasteiger partial charge in [0, 0.05) is 15.6 Å². The normalized spacial score (nSPS) is 10.0. The minimum absolute atomic E-state index is 0.134. The molecule has 0 atom stereocenters. The Hall–Kier alpha value is -2.21. The predicted molar refractivity (Wildman–Crippen MR) is 80.2 cm³/mol. The van der Waals surface area contributed by atoms with Crippen LogP contribution in [0.25, 0.3) is 0 Å². The summed E-state index contributed by atoms with van der Waals surface area (Å²) in [5.74, 6) is -1.51. The highest BCUT2D eigenvalue weighted by Gasteiger charge is 2.10. The van der Waals surface area contributed by atoms with E-state index in [2.05, 4.69) is 26.8 Å². The molecule has 2 aromatic carbocycles. The molecular weight excluding hydrogens is 339 g/mol. The smallest absolute Gasteiger partial charge is 0.267 e. The predicted octanol–water partition coefficient (Wildman–Crippen LogP) is 2.97. The molecule has 4 nitrogen and oxygen atoms in total. The average molecular weight is 351 g/mol. The first-order valence-electron chi connectivity index (χ1n) is 6.10. The summed E-state index contributed by atoms with van der Waals surface area (Å²) in [7, 11) is 0. The Balaban J connectivity index is 1.98. The van der Waals surface area contributed by atoms with Gasteiger partial charge in [-0.15, -0.1) is 0 Å². The van der Waals surface area contributed by atoms with Crippen LogP contribution < -0.4 is 10.9 Å². The van der Waals surface area contributed by atoms with Gasteiger partial charge in [-0.3, -0.25) is 20.4 Å². The number of aryl methyl sites for hydroxylation is 1. The lowest BCUT2D eigenvalue weighted by atomic mass is 10.1. The minimum atomic E-state index is -0.584. The zero-order valence-electron chi connectivity index (χ0n) is 11.1. The van der Waals surface area contributed by atoms with Crippen molar-refractivity contribution in [1.29, 1.82) is 0 Å². The maximum absolute atomic E-state index is 13.4. The Bertz CT molecular complexity index is 687. The zero-order chi connectivity index (χ0) is 15.4. The number of hydrazine groups is 1. The number of halogens is 2. The van der Waals surface area contributed by atoms with E-state index in [-0.39, 0.29) is 5.56 Å². The minimum Gasteiger partial charge on any atom is -0.267 e. The lowest BCUT2D eigenvalue weighted by Crippen LogP contribution is -2.41. The van der Waals surface area contributed by atoms with Crippen LogP contribution in [0.3, 0.4) is 0 Å². The van der Waals surface area contributed by atoms with Crippen molar-refractivity contribution in [3.05, 3.63) is 69.4 Å². The third-order valence-electron chi connectivity index (χ3n) is 2.83. The van der Waals surface area contributed by atoms with Gasteiger partial charge in [0.1, 0.15) is 5.82 Å². The summed E-state index contributed by atoms with van der Waals surface area (Å²) in [6.07, 6.45) is 0. The SMILES string of the molecule is Cc1ccc(C(=O)NNC(=O)c2ccc(Br)cc2)cc1F.